The fraction of sp³-hybridized carbons (Fsp3) is 0.478. The molecule has 61 heavy (non-hydrogen) atoms. The van der Waals surface area contributed by atoms with Crippen LogP contribution in [0, 0.1) is 36.5 Å². The smallest absolute Gasteiger partial charge is 0.312 e. The molecule has 2 aromatic rings. The second-order valence-electron chi connectivity index (χ2n) is 17.3. The number of aliphatic hydroxyl groups is 3. The van der Waals surface area contributed by atoms with Gasteiger partial charge in [-0.2, -0.15) is 0 Å². The van der Waals surface area contributed by atoms with Crippen LogP contribution >= 0.6 is 0 Å². The number of fused-ring (bicyclic) bond motifs is 2. The number of ketones is 1. The Hall–Kier alpha value is -5.48. The predicted molar refractivity (Wildman–Crippen MR) is 229 cm³/mol. The van der Waals surface area contributed by atoms with Crippen LogP contribution < -0.4 is 20.4 Å². The van der Waals surface area contributed by atoms with Gasteiger partial charge in [-0.25, -0.2) is 4.98 Å². The van der Waals surface area contributed by atoms with Crippen molar-refractivity contribution in [2.75, 3.05) is 30.4 Å². The number of aliphatic hydroxyl groups excluding tert-OH is 3. The van der Waals surface area contributed by atoms with Gasteiger partial charge in [0.05, 0.1) is 41.6 Å². The molecule has 0 saturated carbocycles. The Bertz CT molecular complexity index is 2530. The van der Waals surface area contributed by atoms with Crippen molar-refractivity contribution in [2.24, 2.45) is 29.6 Å². The van der Waals surface area contributed by atoms with Gasteiger partial charge in [0.25, 0.3) is 11.7 Å². The van der Waals surface area contributed by atoms with Crippen molar-refractivity contribution in [3.8, 4) is 28.7 Å². The fourth-order valence-electron chi connectivity index (χ4n) is 8.84. The van der Waals surface area contributed by atoms with Crippen molar-refractivity contribution in [1.29, 1.82) is 0 Å². The van der Waals surface area contributed by atoms with E-state index in [9.17, 15) is 39.9 Å². The number of allylic oxidation sites excluding steroid dienone is 2. The van der Waals surface area contributed by atoms with E-state index in [1.807, 2.05) is 0 Å². The van der Waals surface area contributed by atoms with Gasteiger partial charge in [0.2, 0.25) is 5.43 Å². The maximum absolute atomic E-state index is 14.7. The zero-order valence-corrected chi connectivity index (χ0v) is 35.8. The Morgan fingerprint density at radius 3 is 2.30 bits per heavy atom. The molecule has 15 heteroatoms. The number of phenols is 2. The van der Waals surface area contributed by atoms with Crippen LogP contribution in [0.15, 0.2) is 57.5 Å². The monoisotopic (exact) mass is 841 g/mol. The number of hydrogen-bond acceptors (Lipinski definition) is 14. The first kappa shape index (κ1) is 43.6. The molecule has 1 saturated heterocycles. The number of aromatic nitrogens is 1. The van der Waals surface area contributed by atoms with Crippen LogP contribution in [0.1, 0.15) is 70.8 Å². The lowest BCUT2D eigenvalue weighted by Gasteiger charge is -2.36. The lowest BCUT2D eigenvalue weighted by Crippen LogP contribution is -2.44. The summed E-state index contributed by atoms with van der Waals surface area (Å²) in [5.41, 5.74) is -0.518. The molecule has 15 nitrogen and oxygen atoms in total. The standard InChI is InChI=1S/C46H55N3O12/c1-20-13-15-49(19-20)27-17-28(50)34-30(18-27)60-43-35(47-34)31-32-40(54)26(7)42-33(31)44(56)46(8,61-42)59-16-14-29(58-9)23(4)38(52)25(6)39(53)24(5)37(51)21(2)11-10-12-22(3)45(57)48-36(43)41(32)55/h10-12,14,16-18,20-21,23-25,29,37-39,50-54H,13,15,19H2,1-9H3,(H,48,57)/b11-10+,16-14+,22-12-/t20-,21+,23-,24-,25+,29+,37+,38-,39-,46+/m1/s1. The van der Waals surface area contributed by atoms with Gasteiger partial charge in [0.1, 0.15) is 34.1 Å². The molecule has 6 N–H and O–H groups in total. The van der Waals surface area contributed by atoms with E-state index in [1.165, 1.54) is 46.3 Å². The number of amides is 1. The van der Waals surface area contributed by atoms with E-state index in [1.54, 1.807) is 52.0 Å². The number of phenolic OH excluding ortho intramolecular Hbond substituents is 2. The third-order valence-corrected chi connectivity index (χ3v) is 12.9. The highest BCUT2D eigenvalue weighted by Gasteiger charge is 2.50. The molecule has 4 bridgehead atoms. The Balaban J connectivity index is 1.46. The second kappa shape index (κ2) is 16.4. The average molecular weight is 842 g/mol. The number of Topliss-reactive ketones (excluding diaryl/α,β-unsaturated/α-hetero) is 1. The number of nitrogens with one attached hydrogen (secondary N) is 1. The highest BCUT2D eigenvalue weighted by molar-refractivity contribution is 6.22. The molecular weight excluding hydrogens is 787 g/mol. The SMILES string of the molecule is CO[C@H]1/C=C/O[C@@]2(C)Oc3c(C)c(O)c4c(=O)c(c5oc6cc(N7CC[C@@H](C)C7)cc(O)c6nc-5c4c3C2=O)NC(=O)/C(C)=C\C=C\[C@H](C)[C@H](O)[C@@H](C)[C@@H](O)[C@@H](C)[C@H](O)[C@@H]1C. The first-order chi connectivity index (χ1) is 28.8. The number of anilines is 2. The third kappa shape index (κ3) is 7.51. The minimum atomic E-state index is -2.04. The summed E-state index contributed by atoms with van der Waals surface area (Å²) in [4.78, 5) is 50.1. The molecule has 4 aliphatic heterocycles. The van der Waals surface area contributed by atoms with E-state index in [0.29, 0.717) is 11.6 Å². The Kier molecular flexibility index (Phi) is 11.7. The van der Waals surface area contributed by atoms with Crippen LogP contribution in [0.4, 0.5) is 11.4 Å². The Labute approximate surface area is 353 Å². The summed E-state index contributed by atoms with van der Waals surface area (Å²) in [6, 6.07) is 3.26. The van der Waals surface area contributed by atoms with Crippen molar-refractivity contribution in [2.45, 2.75) is 92.0 Å². The minimum Gasteiger partial charge on any atom is -0.507 e. The molecule has 10 atom stereocenters. The number of nitrogens with zero attached hydrogens (tertiary/aromatic N) is 2. The lowest BCUT2D eigenvalue weighted by atomic mass is 9.78. The normalized spacial score (nSPS) is 32.2. The minimum absolute atomic E-state index is 0.00611. The maximum Gasteiger partial charge on any atom is 0.312 e. The van der Waals surface area contributed by atoms with E-state index in [-0.39, 0.29) is 67.2 Å². The zero-order valence-electron chi connectivity index (χ0n) is 35.8. The number of aromatic hydroxyl groups is 2. The quantitative estimate of drug-likeness (QED) is 0.102. The number of hydrogen-bond donors (Lipinski definition) is 6. The van der Waals surface area contributed by atoms with E-state index in [0.717, 1.165) is 19.5 Å². The highest BCUT2D eigenvalue weighted by Crippen LogP contribution is 2.51. The van der Waals surface area contributed by atoms with Crippen molar-refractivity contribution in [1.82, 2.24) is 4.98 Å². The molecule has 1 fully saturated rings. The number of benzene rings is 3. The van der Waals surface area contributed by atoms with Crippen molar-refractivity contribution >= 4 is 44.9 Å². The number of carbonyl (C=O) groups excluding carboxylic acids is 2. The fourth-order valence-corrected chi connectivity index (χ4v) is 8.84. The van der Waals surface area contributed by atoms with Crippen LogP contribution in [0.25, 0.3) is 33.3 Å². The number of rotatable bonds is 2. The van der Waals surface area contributed by atoms with Crippen LogP contribution in [0.5, 0.6) is 17.2 Å². The third-order valence-electron chi connectivity index (χ3n) is 12.9. The highest BCUT2D eigenvalue weighted by atomic mass is 16.7. The van der Waals surface area contributed by atoms with Gasteiger partial charge in [-0.1, -0.05) is 52.8 Å². The Morgan fingerprint density at radius 1 is 0.934 bits per heavy atom. The second-order valence-corrected chi connectivity index (χ2v) is 17.3. The Morgan fingerprint density at radius 2 is 1.62 bits per heavy atom. The number of carbonyl (C=O) groups is 2. The van der Waals surface area contributed by atoms with Crippen LogP contribution in [0.3, 0.4) is 0 Å². The van der Waals surface area contributed by atoms with Crippen molar-refractivity contribution in [3.63, 3.8) is 0 Å². The molecule has 0 aromatic heterocycles. The summed E-state index contributed by atoms with van der Waals surface area (Å²) in [5, 5.41) is 59.3. The van der Waals surface area contributed by atoms with Gasteiger partial charge in [0, 0.05) is 85.1 Å². The summed E-state index contributed by atoms with van der Waals surface area (Å²) in [6.07, 6.45) is 4.37. The summed E-state index contributed by atoms with van der Waals surface area (Å²) in [7, 11) is 1.44. The maximum atomic E-state index is 14.7. The van der Waals surface area contributed by atoms with Gasteiger partial charge in [0.15, 0.2) is 11.3 Å². The summed E-state index contributed by atoms with van der Waals surface area (Å²) in [6.45, 7) is 14.8. The van der Waals surface area contributed by atoms with Crippen molar-refractivity contribution < 1.29 is 53.7 Å². The van der Waals surface area contributed by atoms with Crippen LogP contribution in [-0.2, 0) is 14.3 Å². The van der Waals surface area contributed by atoms with Gasteiger partial charge in [-0.05, 0) is 32.3 Å². The predicted octanol–water partition coefficient (Wildman–Crippen LogP) is 5.93. The largest absolute Gasteiger partial charge is 0.507 e. The van der Waals surface area contributed by atoms with Gasteiger partial charge >= 0.3 is 5.79 Å². The molecule has 1 amide bonds. The molecular formula is C46H55N3O12. The molecule has 5 aliphatic rings. The molecule has 1 aliphatic carbocycles. The zero-order chi connectivity index (χ0) is 44.4. The first-order valence-corrected chi connectivity index (χ1v) is 20.7. The van der Waals surface area contributed by atoms with E-state index in [4.69, 9.17) is 23.6 Å². The summed E-state index contributed by atoms with van der Waals surface area (Å²) in [5.74, 6) is -6.60. The molecule has 0 unspecified atom stereocenters. The molecule has 4 heterocycles. The van der Waals surface area contributed by atoms with Gasteiger partial charge in [-0.3, -0.25) is 14.4 Å². The van der Waals surface area contributed by atoms with E-state index < -0.39 is 76.7 Å². The van der Waals surface area contributed by atoms with Crippen LogP contribution in [-0.4, -0.2) is 92.6 Å². The molecule has 2 aromatic carbocycles. The molecule has 0 spiro atoms. The van der Waals surface area contributed by atoms with E-state index >= 15 is 0 Å². The number of methoxy groups -OCH3 is 1. The topological polar surface area (TPSA) is 221 Å². The van der Waals surface area contributed by atoms with E-state index in [2.05, 4.69) is 17.1 Å². The van der Waals surface area contributed by atoms with Crippen LogP contribution in [0.2, 0.25) is 0 Å². The molecule has 0 radical (unpaired) electrons. The van der Waals surface area contributed by atoms with Gasteiger partial charge < -0.3 is 54.4 Å². The summed E-state index contributed by atoms with van der Waals surface area (Å²) >= 11 is 0. The number of ether oxygens (including phenoxy) is 3. The molecule has 7 rings (SSSR count). The van der Waals surface area contributed by atoms with Crippen molar-refractivity contribution in [3.05, 3.63) is 69.6 Å². The summed E-state index contributed by atoms with van der Waals surface area (Å²) < 4.78 is 24.3. The molecule has 326 valence electrons. The van der Waals surface area contributed by atoms with Gasteiger partial charge in [-0.15, -0.1) is 0 Å². The average Bonchev–Trinajstić information content (AvgIpc) is 3.79. The lowest BCUT2D eigenvalue weighted by molar-refractivity contribution is -0.112. The first-order valence-electron chi connectivity index (χ1n) is 20.7.